The standard InChI is InChI=1S/C21H20FNO5/c1-13(16-5-7-17(22)8-6-16)23-21(25)14(2)28-20(24)10-4-15-3-9-18-19(11-15)27-12-26-18/h3-11,13-14H,12H2,1-2H3,(H,23,25)/b10-4+. The molecule has 3 rings (SSSR count). The first-order valence-electron chi connectivity index (χ1n) is 8.76. The molecule has 0 spiro atoms. The molecule has 1 heterocycles. The molecule has 0 saturated heterocycles. The summed E-state index contributed by atoms with van der Waals surface area (Å²) in [6.45, 7) is 3.42. The van der Waals surface area contributed by atoms with Crippen LogP contribution in [0.3, 0.4) is 0 Å². The molecule has 2 aromatic rings. The van der Waals surface area contributed by atoms with E-state index in [2.05, 4.69) is 5.32 Å². The fourth-order valence-corrected chi connectivity index (χ4v) is 2.61. The van der Waals surface area contributed by atoms with Gasteiger partial charge in [-0.3, -0.25) is 4.79 Å². The largest absolute Gasteiger partial charge is 0.454 e. The lowest BCUT2D eigenvalue weighted by Gasteiger charge is -2.17. The van der Waals surface area contributed by atoms with Crippen LogP contribution in [0.25, 0.3) is 6.08 Å². The molecule has 1 aliphatic rings. The highest BCUT2D eigenvalue weighted by Gasteiger charge is 2.19. The van der Waals surface area contributed by atoms with Gasteiger partial charge in [-0.25, -0.2) is 9.18 Å². The maximum Gasteiger partial charge on any atom is 0.331 e. The van der Waals surface area contributed by atoms with E-state index in [0.29, 0.717) is 11.5 Å². The van der Waals surface area contributed by atoms with Crippen LogP contribution in [0.2, 0.25) is 0 Å². The first-order chi connectivity index (χ1) is 13.4. The normalized spacial score (nSPS) is 14.5. The number of esters is 1. The molecular weight excluding hydrogens is 365 g/mol. The zero-order chi connectivity index (χ0) is 20.1. The number of halogens is 1. The zero-order valence-electron chi connectivity index (χ0n) is 15.5. The molecular formula is C21H20FNO5. The molecule has 2 unspecified atom stereocenters. The van der Waals surface area contributed by atoms with E-state index in [1.54, 1.807) is 43.3 Å². The second-order valence-electron chi connectivity index (χ2n) is 6.31. The van der Waals surface area contributed by atoms with Crippen molar-refractivity contribution < 1.29 is 28.2 Å². The van der Waals surface area contributed by atoms with Gasteiger partial charge in [0, 0.05) is 6.08 Å². The molecule has 0 aliphatic carbocycles. The molecule has 0 bridgehead atoms. The number of nitrogens with one attached hydrogen (secondary N) is 1. The lowest BCUT2D eigenvalue weighted by Crippen LogP contribution is -2.37. The molecule has 6 nitrogen and oxygen atoms in total. The molecule has 2 atom stereocenters. The van der Waals surface area contributed by atoms with Gasteiger partial charge in [0.25, 0.3) is 5.91 Å². The predicted molar refractivity (Wildman–Crippen MR) is 100 cm³/mol. The molecule has 7 heteroatoms. The maximum absolute atomic E-state index is 13.0. The maximum atomic E-state index is 13.0. The Balaban J connectivity index is 1.51. The number of hydrogen-bond acceptors (Lipinski definition) is 5. The van der Waals surface area contributed by atoms with Crippen LogP contribution in [-0.4, -0.2) is 24.8 Å². The molecule has 0 saturated carbocycles. The summed E-state index contributed by atoms with van der Waals surface area (Å²) in [5, 5.41) is 2.73. The Kier molecular flexibility index (Phi) is 5.93. The minimum atomic E-state index is -0.975. The number of rotatable bonds is 6. The number of ether oxygens (including phenoxy) is 3. The van der Waals surface area contributed by atoms with E-state index >= 15 is 0 Å². The third-order valence-corrected chi connectivity index (χ3v) is 4.20. The number of fused-ring (bicyclic) bond motifs is 1. The van der Waals surface area contributed by atoms with Gasteiger partial charge in [0.2, 0.25) is 6.79 Å². The van der Waals surface area contributed by atoms with Crippen molar-refractivity contribution in [3.05, 3.63) is 65.5 Å². The van der Waals surface area contributed by atoms with E-state index in [1.807, 2.05) is 0 Å². The van der Waals surface area contributed by atoms with Gasteiger partial charge in [0.15, 0.2) is 17.6 Å². The third kappa shape index (κ3) is 4.88. The molecule has 1 amide bonds. The van der Waals surface area contributed by atoms with Crippen LogP contribution in [0.4, 0.5) is 4.39 Å². The second-order valence-corrected chi connectivity index (χ2v) is 6.31. The number of carbonyl (C=O) groups is 2. The zero-order valence-corrected chi connectivity index (χ0v) is 15.5. The van der Waals surface area contributed by atoms with Gasteiger partial charge in [0.05, 0.1) is 6.04 Å². The topological polar surface area (TPSA) is 73.9 Å². The number of amides is 1. The fourth-order valence-electron chi connectivity index (χ4n) is 2.61. The predicted octanol–water partition coefficient (Wildman–Crippen LogP) is 3.38. The Morgan fingerprint density at radius 2 is 1.82 bits per heavy atom. The van der Waals surface area contributed by atoms with Crippen molar-refractivity contribution >= 4 is 18.0 Å². The minimum Gasteiger partial charge on any atom is -0.454 e. The lowest BCUT2D eigenvalue weighted by molar-refractivity contribution is -0.150. The number of hydrogen-bond donors (Lipinski definition) is 1. The Bertz CT molecular complexity index is 894. The van der Waals surface area contributed by atoms with Crippen LogP contribution in [0.15, 0.2) is 48.5 Å². The molecule has 1 aliphatic heterocycles. The highest BCUT2D eigenvalue weighted by Crippen LogP contribution is 2.32. The minimum absolute atomic E-state index is 0.174. The van der Waals surface area contributed by atoms with Crippen molar-refractivity contribution in [2.75, 3.05) is 6.79 Å². The van der Waals surface area contributed by atoms with Gasteiger partial charge in [-0.05, 0) is 55.3 Å². The van der Waals surface area contributed by atoms with Crippen molar-refractivity contribution in [1.29, 1.82) is 0 Å². The van der Waals surface area contributed by atoms with Gasteiger partial charge >= 0.3 is 5.97 Å². The van der Waals surface area contributed by atoms with Crippen molar-refractivity contribution in [2.45, 2.75) is 26.0 Å². The van der Waals surface area contributed by atoms with E-state index in [-0.39, 0.29) is 18.7 Å². The SMILES string of the molecule is CC(OC(=O)/C=C/c1ccc2c(c1)OCO2)C(=O)NC(C)c1ccc(F)cc1. The molecule has 0 aromatic heterocycles. The summed E-state index contributed by atoms with van der Waals surface area (Å²) >= 11 is 0. The Hall–Kier alpha value is -3.35. The number of benzene rings is 2. The van der Waals surface area contributed by atoms with Crippen molar-refractivity contribution in [3.63, 3.8) is 0 Å². The molecule has 28 heavy (non-hydrogen) atoms. The molecule has 0 fully saturated rings. The van der Waals surface area contributed by atoms with Crippen LogP contribution in [0, 0.1) is 5.82 Å². The first kappa shape index (κ1) is 19.4. The lowest BCUT2D eigenvalue weighted by atomic mass is 10.1. The summed E-state index contributed by atoms with van der Waals surface area (Å²) < 4.78 is 28.6. The average molecular weight is 385 g/mol. The van der Waals surface area contributed by atoms with Gasteiger partial charge in [-0.15, -0.1) is 0 Å². The van der Waals surface area contributed by atoms with Gasteiger partial charge < -0.3 is 19.5 Å². The molecule has 0 radical (unpaired) electrons. The van der Waals surface area contributed by atoms with E-state index < -0.39 is 18.0 Å². The summed E-state index contributed by atoms with van der Waals surface area (Å²) in [6, 6.07) is 10.7. The van der Waals surface area contributed by atoms with E-state index in [4.69, 9.17) is 14.2 Å². The highest BCUT2D eigenvalue weighted by molar-refractivity contribution is 5.90. The Labute approximate surface area is 161 Å². The van der Waals surface area contributed by atoms with Crippen LogP contribution < -0.4 is 14.8 Å². The molecule has 1 N–H and O–H groups in total. The van der Waals surface area contributed by atoms with E-state index in [0.717, 1.165) is 11.1 Å². The van der Waals surface area contributed by atoms with Crippen LogP contribution in [0.1, 0.15) is 31.0 Å². The van der Waals surface area contributed by atoms with Gasteiger partial charge in [0.1, 0.15) is 5.82 Å². The summed E-state index contributed by atoms with van der Waals surface area (Å²) in [7, 11) is 0. The summed E-state index contributed by atoms with van der Waals surface area (Å²) in [6.07, 6.45) is 1.83. The molecule has 146 valence electrons. The fraction of sp³-hybridized carbons (Fsp3) is 0.238. The Morgan fingerprint density at radius 3 is 2.57 bits per heavy atom. The van der Waals surface area contributed by atoms with E-state index in [9.17, 15) is 14.0 Å². The van der Waals surface area contributed by atoms with Gasteiger partial charge in [-0.1, -0.05) is 18.2 Å². The van der Waals surface area contributed by atoms with Crippen LogP contribution in [0.5, 0.6) is 11.5 Å². The molecule has 2 aromatic carbocycles. The summed E-state index contributed by atoms with van der Waals surface area (Å²) in [5.74, 6) is -0.173. The van der Waals surface area contributed by atoms with Crippen molar-refractivity contribution in [3.8, 4) is 11.5 Å². The monoisotopic (exact) mass is 385 g/mol. The summed E-state index contributed by atoms with van der Waals surface area (Å²) in [4.78, 5) is 24.2. The smallest absolute Gasteiger partial charge is 0.331 e. The van der Waals surface area contributed by atoms with Crippen molar-refractivity contribution in [1.82, 2.24) is 5.32 Å². The van der Waals surface area contributed by atoms with Crippen LogP contribution in [-0.2, 0) is 14.3 Å². The average Bonchev–Trinajstić information content (AvgIpc) is 3.14. The quantitative estimate of drug-likeness (QED) is 0.610. The van der Waals surface area contributed by atoms with Crippen molar-refractivity contribution in [2.24, 2.45) is 0 Å². The third-order valence-electron chi connectivity index (χ3n) is 4.20. The second kappa shape index (κ2) is 8.56. The first-order valence-corrected chi connectivity index (χ1v) is 8.76. The number of carbonyl (C=O) groups excluding carboxylic acids is 2. The van der Waals surface area contributed by atoms with Gasteiger partial charge in [-0.2, -0.15) is 0 Å². The van der Waals surface area contributed by atoms with E-state index in [1.165, 1.54) is 25.1 Å². The highest BCUT2D eigenvalue weighted by atomic mass is 19.1. The Morgan fingerprint density at radius 1 is 1.11 bits per heavy atom. The summed E-state index contributed by atoms with van der Waals surface area (Å²) in [5.41, 5.74) is 1.49. The van der Waals surface area contributed by atoms with Crippen LogP contribution >= 0.6 is 0 Å².